The predicted molar refractivity (Wildman–Crippen MR) is 51.3 cm³/mol. The molecule has 1 fully saturated rings. The van der Waals surface area contributed by atoms with E-state index in [0.717, 1.165) is 12.8 Å². The highest BCUT2D eigenvalue weighted by atomic mass is 32.2. The van der Waals surface area contributed by atoms with Crippen LogP contribution in [0.3, 0.4) is 0 Å². The fourth-order valence-corrected chi connectivity index (χ4v) is 2.88. The van der Waals surface area contributed by atoms with Gasteiger partial charge in [0.25, 0.3) is 0 Å². The van der Waals surface area contributed by atoms with E-state index in [1.54, 1.807) is 6.92 Å². The summed E-state index contributed by atoms with van der Waals surface area (Å²) in [5.41, 5.74) is 0.337. The molecule has 1 aliphatic rings. The smallest absolute Gasteiger partial charge is 0.244 e. The molecule has 1 heterocycles. The lowest BCUT2D eigenvalue weighted by molar-refractivity contribution is 0.557. The molecule has 0 aromatic carbocycles. The quantitative estimate of drug-likeness (QED) is 0.773. The van der Waals surface area contributed by atoms with Gasteiger partial charge in [0.1, 0.15) is 4.90 Å². The van der Waals surface area contributed by atoms with Crippen LogP contribution in [0.15, 0.2) is 11.1 Å². The maximum Gasteiger partial charge on any atom is 0.244 e. The third kappa shape index (κ3) is 1.67. The van der Waals surface area contributed by atoms with Gasteiger partial charge in [-0.25, -0.2) is 13.1 Å². The molecule has 6 heteroatoms. The van der Waals surface area contributed by atoms with E-state index in [4.69, 9.17) is 0 Å². The Hall–Kier alpha value is -0.880. The highest BCUT2D eigenvalue weighted by molar-refractivity contribution is 7.89. The fraction of sp³-hybridized carbons (Fsp3) is 0.625. The Morgan fingerprint density at radius 1 is 1.57 bits per heavy atom. The topological polar surface area (TPSA) is 74.8 Å². The van der Waals surface area contributed by atoms with Crippen molar-refractivity contribution in [1.82, 2.24) is 14.9 Å². The van der Waals surface area contributed by atoms with Crippen LogP contribution in [0.4, 0.5) is 0 Å². The predicted octanol–water partition coefficient (Wildman–Crippen LogP) is 0.549. The van der Waals surface area contributed by atoms with Crippen molar-refractivity contribution in [3.63, 3.8) is 0 Å². The number of aryl methyl sites for hydroxylation is 1. The zero-order chi connectivity index (χ0) is 10.4. The fourth-order valence-electron chi connectivity index (χ4n) is 1.28. The van der Waals surface area contributed by atoms with Crippen molar-refractivity contribution in [2.24, 2.45) is 0 Å². The minimum atomic E-state index is -3.39. The number of hydrogen-bond acceptors (Lipinski definition) is 3. The summed E-state index contributed by atoms with van der Waals surface area (Å²) in [5, 5.41) is 6.31. The van der Waals surface area contributed by atoms with Crippen LogP contribution >= 0.6 is 0 Å². The third-order valence-electron chi connectivity index (χ3n) is 2.45. The molecule has 1 saturated carbocycles. The zero-order valence-corrected chi connectivity index (χ0v) is 8.98. The molecule has 14 heavy (non-hydrogen) atoms. The van der Waals surface area contributed by atoms with Crippen LogP contribution < -0.4 is 4.72 Å². The lowest BCUT2D eigenvalue weighted by Gasteiger charge is -2.10. The number of nitrogens with one attached hydrogen (secondary N) is 2. The number of rotatable bonds is 3. The minimum absolute atomic E-state index is 0.234. The van der Waals surface area contributed by atoms with E-state index in [9.17, 15) is 8.42 Å². The van der Waals surface area contributed by atoms with Crippen LogP contribution in [-0.4, -0.2) is 24.2 Å². The molecular weight excluding hydrogens is 202 g/mol. The van der Waals surface area contributed by atoms with E-state index < -0.39 is 10.0 Å². The summed E-state index contributed by atoms with van der Waals surface area (Å²) < 4.78 is 26.3. The van der Waals surface area contributed by atoms with Gasteiger partial charge in [0.15, 0.2) is 0 Å². The van der Waals surface area contributed by atoms with Crippen molar-refractivity contribution >= 4 is 10.0 Å². The van der Waals surface area contributed by atoms with Crippen LogP contribution in [0.25, 0.3) is 0 Å². The van der Waals surface area contributed by atoms with Crippen LogP contribution in [-0.2, 0) is 10.0 Å². The lowest BCUT2D eigenvalue weighted by atomic mass is 10.4. The number of hydrogen-bond donors (Lipinski definition) is 2. The van der Waals surface area contributed by atoms with Gasteiger partial charge in [-0.1, -0.05) is 0 Å². The molecule has 2 N–H and O–H groups in total. The zero-order valence-electron chi connectivity index (χ0n) is 8.16. The minimum Gasteiger partial charge on any atom is -0.281 e. The van der Waals surface area contributed by atoms with Crippen LogP contribution in [0.2, 0.25) is 0 Å². The molecule has 0 spiro atoms. The molecule has 0 radical (unpaired) electrons. The summed E-state index contributed by atoms with van der Waals surface area (Å²) in [7, 11) is -3.39. The summed E-state index contributed by atoms with van der Waals surface area (Å²) in [6, 6.07) is 0. The molecule has 0 saturated heterocycles. The van der Waals surface area contributed by atoms with Crippen molar-refractivity contribution in [3.8, 4) is 0 Å². The number of nitrogens with zero attached hydrogens (tertiary/aromatic N) is 1. The van der Waals surface area contributed by atoms with E-state index in [2.05, 4.69) is 14.9 Å². The average Bonchev–Trinajstić information content (AvgIpc) is 2.61. The Balaban J connectivity index is 2.29. The molecule has 2 rings (SSSR count). The second-order valence-corrected chi connectivity index (χ2v) is 5.68. The van der Waals surface area contributed by atoms with Crippen molar-refractivity contribution in [2.75, 3.05) is 0 Å². The molecule has 78 valence electrons. The Morgan fingerprint density at radius 2 is 2.21 bits per heavy atom. The summed E-state index contributed by atoms with van der Waals surface area (Å²) in [6.07, 6.45) is 3.15. The Morgan fingerprint density at radius 3 is 2.64 bits per heavy atom. The van der Waals surface area contributed by atoms with Crippen molar-refractivity contribution in [2.45, 2.75) is 37.1 Å². The summed E-state index contributed by atoms with van der Waals surface area (Å²) in [6.45, 7) is 3.59. The summed E-state index contributed by atoms with van der Waals surface area (Å²) in [4.78, 5) is 0.241. The summed E-state index contributed by atoms with van der Waals surface area (Å²) >= 11 is 0. The SMILES string of the molecule is Cc1[nH]ncc1S(=O)(=O)NC1(C)CC1. The second kappa shape index (κ2) is 2.80. The first-order chi connectivity index (χ1) is 6.43. The molecule has 0 bridgehead atoms. The van der Waals surface area contributed by atoms with E-state index in [0.29, 0.717) is 5.69 Å². The van der Waals surface area contributed by atoms with E-state index >= 15 is 0 Å². The first-order valence-corrected chi connectivity index (χ1v) is 5.95. The summed E-state index contributed by atoms with van der Waals surface area (Å²) in [5.74, 6) is 0. The van der Waals surface area contributed by atoms with Crippen molar-refractivity contribution in [3.05, 3.63) is 11.9 Å². The molecule has 0 atom stereocenters. The van der Waals surface area contributed by atoms with Gasteiger partial charge in [-0.2, -0.15) is 5.10 Å². The van der Waals surface area contributed by atoms with Gasteiger partial charge < -0.3 is 0 Å². The van der Waals surface area contributed by atoms with Crippen LogP contribution in [0.1, 0.15) is 25.5 Å². The average molecular weight is 215 g/mol. The molecule has 1 aliphatic carbocycles. The number of H-pyrrole nitrogens is 1. The van der Waals surface area contributed by atoms with Crippen molar-refractivity contribution in [1.29, 1.82) is 0 Å². The molecular formula is C8H13N3O2S. The number of sulfonamides is 1. The van der Waals surface area contributed by atoms with Crippen molar-refractivity contribution < 1.29 is 8.42 Å². The maximum absolute atomic E-state index is 11.8. The van der Waals surface area contributed by atoms with E-state index in [1.807, 2.05) is 6.92 Å². The lowest BCUT2D eigenvalue weighted by Crippen LogP contribution is -2.34. The number of aromatic amines is 1. The molecule has 0 amide bonds. The highest BCUT2D eigenvalue weighted by Crippen LogP contribution is 2.36. The molecule has 1 aromatic rings. The van der Waals surface area contributed by atoms with Gasteiger partial charge >= 0.3 is 0 Å². The van der Waals surface area contributed by atoms with Gasteiger partial charge in [-0.3, -0.25) is 5.10 Å². The van der Waals surface area contributed by atoms with E-state index in [-0.39, 0.29) is 10.4 Å². The third-order valence-corrected chi connectivity index (χ3v) is 4.21. The number of aromatic nitrogens is 2. The van der Waals surface area contributed by atoms with Gasteiger partial charge in [0, 0.05) is 5.54 Å². The second-order valence-electron chi connectivity index (χ2n) is 4.03. The highest BCUT2D eigenvalue weighted by Gasteiger charge is 2.41. The Labute approximate surface area is 83.0 Å². The molecule has 5 nitrogen and oxygen atoms in total. The normalized spacial score (nSPS) is 19.6. The largest absolute Gasteiger partial charge is 0.281 e. The molecule has 1 aromatic heterocycles. The standard InChI is InChI=1S/C8H13N3O2S/c1-6-7(5-9-10-6)14(12,13)11-8(2)3-4-8/h5,11H,3-4H2,1-2H3,(H,9,10). The monoisotopic (exact) mass is 215 g/mol. The first-order valence-electron chi connectivity index (χ1n) is 4.47. The van der Waals surface area contributed by atoms with Gasteiger partial charge in [0.05, 0.1) is 11.9 Å². The van der Waals surface area contributed by atoms with Crippen LogP contribution in [0, 0.1) is 6.92 Å². The van der Waals surface area contributed by atoms with Gasteiger partial charge in [0.2, 0.25) is 10.0 Å². The molecule has 0 aliphatic heterocycles. The van der Waals surface area contributed by atoms with Crippen LogP contribution in [0.5, 0.6) is 0 Å². The molecule has 0 unspecified atom stereocenters. The first kappa shape index (κ1) is 9.67. The Kier molecular flexibility index (Phi) is 1.94. The van der Waals surface area contributed by atoms with Gasteiger partial charge in [-0.15, -0.1) is 0 Å². The Bertz CT molecular complexity index is 445. The maximum atomic E-state index is 11.8. The van der Waals surface area contributed by atoms with E-state index in [1.165, 1.54) is 6.20 Å². The van der Waals surface area contributed by atoms with Gasteiger partial charge in [-0.05, 0) is 26.7 Å².